The highest BCUT2D eigenvalue weighted by atomic mass is 16.3. The van der Waals surface area contributed by atoms with E-state index >= 15 is 0 Å². The minimum Gasteiger partial charge on any atom is -0.508 e. The van der Waals surface area contributed by atoms with Gasteiger partial charge >= 0.3 is 0 Å². The van der Waals surface area contributed by atoms with Gasteiger partial charge in [-0.05, 0) is 43.5 Å². The van der Waals surface area contributed by atoms with E-state index in [-0.39, 0.29) is 17.7 Å². The molecule has 17 heavy (non-hydrogen) atoms. The molecule has 0 saturated carbocycles. The fourth-order valence-electron chi connectivity index (χ4n) is 2.02. The van der Waals surface area contributed by atoms with E-state index in [0.29, 0.717) is 6.54 Å². The van der Waals surface area contributed by atoms with Crippen LogP contribution in [0, 0.1) is 0 Å². The maximum atomic E-state index is 11.7. The molecular formula is C13H18N2O2. The first kappa shape index (κ1) is 11.9. The molecule has 0 aliphatic carbocycles. The van der Waals surface area contributed by atoms with Gasteiger partial charge in [-0.1, -0.05) is 12.1 Å². The van der Waals surface area contributed by atoms with Crippen molar-refractivity contribution >= 4 is 5.91 Å². The fourth-order valence-corrected chi connectivity index (χ4v) is 2.02. The average molecular weight is 234 g/mol. The molecule has 0 spiro atoms. The summed E-state index contributed by atoms with van der Waals surface area (Å²) in [6.45, 7) is 1.58. The molecule has 0 radical (unpaired) electrons. The van der Waals surface area contributed by atoms with Crippen molar-refractivity contribution in [3.63, 3.8) is 0 Å². The number of amides is 1. The zero-order valence-corrected chi connectivity index (χ0v) is 9.78. The second kappa shape index (κ2) is 5.68. The lowest BCUT2D eigenvalue weighted by Gasteiger charge is -2.10. The smallest absolute Gasteiger partial charge is 0.237 e. The minimum absolute atomic E-state index is 0.00480. The molecule has 92 valence electrons. The molecule has 2 rings (SSSR count). The number of rotatable bonds is 4. The molecule has 1 heterocycles. The van der Waals surface area contributed by atoms with Crippen molar-refractivity contribution in [1.29, 1.82) is 0 Å². The van der Waals surface area contributed by atoms with E-state index in [4.69, 9.17) is 5.11 Å². The van der Waals surface area contributed by atoms with Gasteiger partial charge in [0, 0.05) is 6.54 Å². The zero-order valence-electron chi connectivity index (χ0n) is 9.78. The van der Waals surface area contributed by atoms with E-state index in [2.05, 4.69) is 10.6 Å². The van der Waals surface area contributed by atoms with Gasteiger partial charge in [-0.2, -0.15) is 0 Å². The third kappa shape index (κ3) is 3.46. The second-order valence-electron chi connectivity index (χ2n) is 4.36. The number of nitrogens with one attached hydrogen (secondary N) is 2. The van der Waals surface area contributed by atoms with Crippen molar-refractivity contribution in [2.24, 2.45) is 0 Å². The SMILES string of the molecule is O=C(NCCc1ccc(O)cc1)[C@@H]1CCCN1. The predicted octanol–water partition coefficient (Wildman–Crippen LogP) is 0.803. The summed E-state index contributed by atoms with van der Waals surface area (Å²) in [4.78, 5) is 11.7. The van der Waals surface area contributed by atoms with Crippen molar-refractivity contribution < 1.29 is 9.90 Å². The fraction of sp³-hybridized carbons (Fsp3) is 0.462. The number of phenolic OH excluding ortho intramolecular Hbond substituents is 1. The van der Waals surface area contributed by atoms with E-state index in [1.807, 2.05) is 12.1 Å². The molecule has 4 heteroatoms. The van der Waals surface area contributed by atoms with Crippen LogP contribution in [0.1, 0.15) is 18.4 Å². The molecule has 1 aromatic rings. The molecule has 1 saturated heterocycles. The highest BCUT2D eigenvalue weighted by molar-refractivity contribution is 5.81. The van der Waals surface area contributed by atoms with Crippen LogP contribution >= 0.6 is 0 Å². The summed E-state index contributed by atoms with van der Waals surface area (Å²) in [5.74, 6) is 0.370. The number of aromatic hydroxyl groups is 1. The molecular weight excluding hydrogens is 216 g/mol. The first-order valence-corrected chi connectivity index (χ1v) is 6.05. The second-order valence-corrected chi connectivity index (χ2v) is 4.36. The predicted molar refractivity (Wildman–Crippen MR) is 65.8 cm³/mol. The Morgan fingerprint density at radius 1 is 1.41 bits per heavy atom. The maximum absolute atomic E-state index is 11.7. The molecule has 0 unspecified atom stereocenters. The quantitative estimate of drug-likeness (QED) is 0.722. The van der Waals surface area contributed by atoms with Gasteiger partial charge in [0.1, 0.15) is 5.75 Å². The van der Waals surface area contributed by atoms with Gasteiger partial charge in [-0.3, -0.25) is 4.79 Å². The number of carbonyl (C=O) groups excluding carboxylic acids is 1. The monoisotopic (exact) mass is 234 g/mol. The Hall–Kier alpha value is -1.55. The van der Waals surface area contributed by atoms with Gasteiger partial charge in [0.25, 0.3) is 0 Å². The van der Waals surface area contributed by atoms with Crippen LogP contribution in [0.15, 0.2) is 24.3 Å². The van der Waals surface area contributed by atoms with E-state index in [1.165, 1.54) is 0 Å². The van der Waals surface area contributed by atoms with E-state index in [0.717, 1.165) is 31.4 Å². The van der Waals surface area contributed by atoms with Gasteiger partial charge < -0.3 is 15.7 Å². The van der Waals surface area contributed by atoms with Crippen molar-refractivity contribution in [3.05, 3.63) is 29.8 Å². The standard InChI is InChI=1S/C13H18N2O2/c16-11-5-3-10(4-6-11)7-9-15-13(17)12-2-1-8-14-12/h3-6,12,14,16H,1-2,7-9H2,(H,15,17)/t12-/m0/s1. The molecule has 1 amide bonds. The average Bonchev–Trinajstić information content (AvgIpc) is 2.85. The van der Waals surface area contributed by atoms with Crippen molar-refractivity contribution in [3.8, 4) is 5.75 Å². The molecule has 0 bridgehead atoms. The maximum Gasteiger partial charge on any atom is 0.237 e. The summed E-state index contributed by atoms with van der Waals surface area (Å²) in [6.07, 6.45) is 2.81. The lowest BCUT2D eigenvalue weighted by Crippen LogP contribution is -2.41. The molecule has 1 fully saturated rings. The molecule has 1 aliphatic heterocycles. The molecule has 0 aromatic heterocycles. The number of benzene rings is 1. The first-order chi connectivity index (χ1) is 8.25. The zero-order chi connectivity index (χ0) is 12.1. The Labute approximate surface area is 101 Å². The van der Waals surface area contributed by atoms with Crippen LogP contribution in [0.4, 0.5) is 0 Å². The summed E-state index contributed by atoms with van der Waals surface area (Å²) >= 11 is 0. The van der Waals surface area contributed by atoms with Gasteiger partial charge in [0.2, 0.25) is 5.91 Å². The third-order valence-corrected chi connectivity index (χ3v) is 3.03. The van der Waals surface area contributed by atoms with Crippen LogP contribution in [-0.4, -0.2) is 30.1 Å². The first-order valence-electron chi connectivity index (χ1n) is 6.05. The van der Waals surface area contributed by atoms with Crippen LogP contribution in [-0.2, 0) is 11.2 Å². The molecule has 3 N–H and O–H groups in total. The van der Waals surface area contributed by atoms with Gasteiger partial charge in [-0.25, -0.2) is 0 Å². The van der Waals surface area contributed by atoms with Gasteiger partial charge in [-0.15, -0.1) is 0 Å². The van der Waals surface area contributed by atoms with Crippen molar-refractivity contribution in [2.45, 2.75) is 25.3 Å². The highest BCUT2D eigenvalue weighted by Crippen LogP contribution is 2.09. The Kier molecular flexibility index (Phi) is 3.98. The number of phenols is 1. The van der Waals surface area contributed by atoms with E-state index in [9.17, 15) is 4.79 Å². The topological polar surface area (TPSA) is 61.4 Å². The van der Waals surface area contributed by atoms with Crippen LogP contribution in [0.5, 0.6) is 5.75 Å². The van der Waals surface area contributed by atoms with Crippen LogP contribution in [0.2, 0.25) is 0 Å². The minimum atomic E-state index is -0.00480. The van der Waals surface area contributed by atoms with Gasteiger partial charge in [0.05, 0.1) is 6.04 Å². The summed E-state index contributed by atoms with van der Waals surface area (Å²) in [6, 6.07) is 7.06. The highest BCUT2D eigenvalue weighted by Gasteiger charge is 2.20. The Bertz CT molecular complexity index is 370. The number of hydrogen-bond acceptors (Lipinski definition) is 3. The van der Waals surface area contributed by atoms with Crippen molar-refractivity contribution in [1.82, 2.24) is 10.6 Å². The molecule has 1 aliphatic rings. The summed E-state index contributed by atoms with van der Waals surface area (Å²) in [7, 11) is 0. The van der Waals surface area contributed by atoms with Crippen molar-refractivity contribution in [2.75, 3.05) is 13.1 Å². The van der Waals surface area contributed by atoms with Crippen LogP contribution < -0.4 is 10.6 Å². The number of hydrogen-bond donors (Lipinski definition) is 3. The summed E-state index contributed by atoms with van der Waals surface area (Å²) in [5, 5.41) is 15.2. The molecule has 1 aromatic carbocycles. The molecule has 4 nitrogen and oxygen atoms in total. The van der Waals surface area contributed by atoms with Gasteiger partial charge in [0.15, 0.2) is 0 Å². The number of carbonyl (C=O) groups is 1. The van der Waals surface area contributed by atoms with E-state index in [1.54, 1.807) is 12.1 Å². The Morgan fingerprint density at radius 3 is 2.82 bits per heavy atom. The summed E-state index contributed by atoms with van der Waals surface area (Å²) in [5.41, 5.74) is 1.11. The Morgan fingerprint density at radius 2 is 2.18 bits per heavy atom. The lowest BCUT2D eigenvalue weighted by atomic mass is 10.1. The normalized spacial score (nSPS) is 19.2. The van der Waals surface area contributed by atoms with Crippen LogP contribution in [0.25, 0.3) is 0 Å². The van der Waals surface area contributed by atoms with Crippen LogP contribution in [0.3, 0.4) is 0 Å². The third-order valence-electron chi connectivity index (χ3n) is 3.03. The lowest BCUT2D eigenvalue weighted by molar-refractivity contribution is -0.122. The molecule has 1 atom stereocenters. The largest absolute Gasteiger partial charge is 0.508 e. The Balaban J connectivity index is 1.72. The summed E-state index contributed by atoms with van der Waals surface area (Å²) < 4.78 is 0. The van der Waals surface area contributed by atoms with E-state index < -0.39 is 0 Å².